The summed E-state index contributed by atoms with van der Waals surface area (Å²) >= 11 is 0. The summed E-state index contributed by atoms with van der Waals surface area (Å²) in [5.41, 5.74) is -1.80. The third-order valence-electron chi connectivity index (χ3n) is 4.51. The van der Waals surface area contributed by atoms with Crippen LogP contribution in [0.3, 0.4) is 0 Å². The molecule has 0 spiro atoms. The maximum atomic E-state index is 12.8. The molecule has 0 radical (unpaired) electrons. The van der Waals surface area contributed by atoms with Crippen molar-refractivity contribution in [3.8, 4) is 0 Å². The minimum Gasteiger partial charge on any atom is -0.444 e. The van der Waals surface area contributed by atoms with Gasteiger partial charge in [-0.25, -0.2) is 9.59 Å². The predicted octanol–water partition coefficient (Wildman–Crippen LogP) is 2.43. The number of rotatable bonds is 4. The third kappa shape index (κ3) is 3.65. The number of imide groups is 1. The topological polar surface area (TPSA) is 102 Å². The molecule has 2 aliphatic rings. The van der Waals surface area contributed by atoms with Crippen LogP contribution in [-0.2, 0) is 14.4 Å². The van der Waals surface area contributed by atoms with Crippen LogP contribution in [0, 0.1) is 5.92 Å². The molecular formula is C19H22N2O6. The zero-order valence-electron chi connectivity index (χ0n) is 15.7. The Bertz CT molecular complexity index is 789. The number of nitrogens with one attached hydrogen (secondary N) is 1. The summed E-state index contributed by atoms with van der Waals surface area (Å²) in [5.74, 6) is -2.46. The minimum absolute atomic E-state index is 0.160. The van der Waals surface area contributed by atoms with Crippen molar-refractivity contribution in [3.05, 3.63) is 35.4 Å². The van der Waals surface area contributed by atoms with Crippen molar-refractivity contribution in [1.82, 2.24) is 10.4 Å². The normalized spacial score (nSPS) is 18.6. The van der Waals surface area contributed by atoms with E-state index in [2.05, 4.69) is 5.32 Å². The van der Waals surface area contributed by atoms with Gasteiger partial charge in [-0.2, -0.15) is 0 Å². The number of nitrogens with zero attached hydrogens (tertiary/aromatic N) is 1. The van der Waals surface area contributed by atoms with Crippen LogP contribution < -0.4 is 5.32 Å². The fourth-order valence-corrected chi connectivity index (χ4v) is 2.92. The number of carbonyl (C=O) groups is 4. The molecule has 1 N–H and O–H groups in total. The number of alkyl carbamates (subject to hydrolysis) is 1. The van der Waals surface area contributed by atoms with E-state index >= 15 is 0 Å². The van der Waals surface area contributed by atoms with Crippen molar-refractivity contribution in [3.63, 3.8) is 0 Å². The molecule has 1 atom stereocenters. The first-order valence-corrected chi connectivity index (χ1v) is 8.74. The summed E-state index contributed by atoms with van der Waals surface area (Å²) in [6, 6.07) is 6.21. The maximum absolute atomic E-state index is 12.8. The Morgan fingerprint density at radius 2 is 1.56 bits per heavy atom. The number of hydrogen-bond donors (Lipinski definition) is 1. The number of hydroxylamine groups is 2. The van der Waals surface area contributed by atoms with E-state index in [1.807, 2.05) is 0 Å². The number of hydrogen-bond acceptors (Lipinski definition) is 6. The number of fused-ring (bicyclic) bond motifs is 1. The lowest BCUT2D eigenvalue weighted by atomic mass is 9.96. The van der Waals surface area contributed by atoms with Crippen molar-refractivity contribution in [2.24, 2.45) is 5.92 Å². The molecule has 1 aromatic carbocycles. The van der Waals surface area contributed by atoms with Gasteiger partial charge in [0.05, 0.1) is 11.1 Å². The first kappa shape index (κ1) is 18.9. The van der Waals surface area contributed by atoms with E-state index in [1.54, 1.807) is 32.9 Å². The van der Waals surface area contributed by atoms with E-state index in [-0.39, 0.29) is 17.0 Å². The number of ether oxygens (including phenoxy) is 1. The molecule has 3 rings (SSSR count). The fraction of sp³-hybridized carbons (Fsp3) is 0.474. The average molecular weight is 374 g/mol. The SMILES string of the molecule is CC(C)(C)OC(=O)NC(C)(C(=O)ON1C(=O)c2ccccc2C1=O)C1CC1. The maximum Gasteiger partial charge on any atom is 0.408 e. The highest BCUT2D eigenvalue weighted by Crippen LogP contribution is 2.41. The Morgan fingerprint density at radius 3 is 2.00 bits per heavy atom. The summed E-state index contributed by atoms with van der Waals surface area (Å²) in [6.45, 7) is 6.63. The second kappa shape index (κ2) is 6.37. The molecular weight excluding hydrogens is 352 g/mol. The Balaban J connectivity index is 1.76. The molecule has 1 aromatic rings. The van der Waals surface area contributed by atoms with Crippen molar-refractivity contribution in [1.29, 1.82) is 0 Å². The van der Waals surface area contributed by atoms with Crippen LogP contribution in [0.1, 0.15) is 61.3 Å². The molecule has 0 saturated heterocycles. The highest BCUT2D eigenvalue weighted by atomic mass is 16.7. The van der Waals surface area contributed by atoms with Gasteiger partial charge in [-0.05, 0) is 58.6 Å². The molecule has 1 heterocycles. The highest BCUT2D eigenvalue weighted by Gasteiger charge is 2.52. The van der Waals surface area contributed by atoms with Crippen LogP contribution in [0.25, 0.3) is 0 Å². The Hall–Kier alpha value is -2.90. The van der Waals surface area contributed by atoms with E-state index in [4.69, 9.17) is 9.57 Å². The van der Waals surface area contributed by atoms with E-state index in [1.165, 1.54) is 19.1 Å². The monoisotopic (exact) mass is 374 g/mol. The molecule has 8 heteroatoms. The van der Waals surface area contributed by atoms with Crippen LogP contribution in [-0.4, -0.2) is 40.1 Å². The lowest BCUT2D eigenvalue weighted by Crippen LogP contribution is -2.57. The summed E-state index contributed by atoms with van der Waals surface area (Å²) in [7, 11) is 0. The third-order valence-corrected chi connectivity index (χ3v) is 4.51. The Morgan fingerprint density at radius 1 is 1.04 bits per heavy atom. The van der Waals surface area contributed by atoms with Crippen LogP contribution in [0.15, 0.2) is 24.3 Å². The molecule has 3 amide bonds. The molecule has 144 valence electrons. The van der Waals surface area contributed by atoms with Crippen molar-refractivity contribution >= 4 is 23.9 Å². The van der Waals surface area contributed by atoms with Gasteiger partial charge >= 0.3 is 12.1 Å². The molecule has 1 saturated carbocycles. The molecule has 1 aliphatic heterocycles. The van der Waals surface area contributed by atoms with Gasteiger partial charge in [0.1, 0.15) is 11.1 Å². The number of benzene rings is 1. The standard InChI is InChI=1S/C19H22N2O6/c1-18(2,3)26-17(25)20-19(4,11-9-10-11)16(24)27-21-14(22)12-7-5-6-8-13(12)15(21)23/h5-8,11H,9-10H2,1-4H3,(H,20,25). The largest absolute Gasteiger partial charge is 0.444 e. The zero-order chi connectivity index (χ0) is 20.0. The highest BCUT2D eigenvalue weighted by molar-refractivity contribution is 6.21. The van der Waals surface area contributed by atoms with Crippen LogP contribution in [0.2, 0.25) is 0 Å². The van der Waals surface area contributed by atoms with Gasteiger partial charge in [0, 0.05) is 0 Å². The summed E-state index contributed by atoms with van der Waals surface area (Å²) in [4.78, 5) is 54.9. The molecule has 0 aromatic heterocycles. The quantitative estimate of drug-likeness (QED) is 0.812. The first-order chi connectivity index (χ1) is 12.5. The summed E-state index contributed by atoms with van der Waals surface area (Å²) < 4.78 is 5.22. The van der Waals surface area contributed by atoms with Crippen molar-refractivity contribution < 1.29 is 28.8 Å². The molecule has 1 unspecified atom stereocenters. The van der Waals surface area contributed by atoms with Gasteiger partial charge in [-0.3, -0.25) is 9.59 Å². The van der Waals surface area contributed by atoms with Gasteiger partial charge in [0.15, 0.2) is 0 Å². The lowest BCUT2D eigenvalue weighted by Gasteiger charge is -2.30. The second-order valence-corrected chi connectivity index (χ2v) is 7.93. The van der Waals surface area contributed by atoms with Crippen LogP contribution >= 0.6 is 0 Å². The molecule has 0 bridgehead atoms. The Kier molecular flexibility index (Phi) is 4.45. The fourth-order valence-electron chi connectivity index (χ4n) is 2.92. The van der Waals surface area contributed by atoms with Crippen molar-refractivity contribution in [2.75, 3.05) is 0 Å². The summed E-state index contributed by atoms with van der Waals surface area (Å²) in [6.07, 6.45) is 0.656. The molecule has 1 fully saturated rings. The molecule has 8 nitrogen and oxygen atoms in total. The van der Waals surface area contributed by atoms with Gasteiger partial charge in [0.2, 0.25) is 0 Å². The van der Waals surface area contributed by atoms with Crippen LogP contribution in [0.4, 0.5) is 4.79 Å². The second-order valence-electron chi connectivity index (χ2n) is 7.93. The van der Waals surface area contributed by atoms with Gasteiger partial charge in [-0.15, -0.1) is 0 Å². The minimum atomic E-state index is -1.41. The van der Waals surface area contributed by atoms with Crippen molar-refractivity contribution in [2.45, 2.75) is 51.7 Å². The molecule has 27 heavy (non-hydrogen) atoms. The van der Waals surface area contributed by atoms with E-state index < -0.39 is 35.0 Å². The van der Waals surface area contributed by atoms with E-state index in [0.717, 1.165) is 0 Å². The van der Waals surface area contributed by atoms with Gasteiger partial charge in [-0.1, -0.05) is 17.2 Å². The number of amides is 3. The summed E-state index contributed by atoms with van der Waals surface area (Å²) in [5, 5.41) is 3.00. The number of carbonyl (C=O) groups excluding carboxylic acids is 4. The first-order valence-electron chi connectivity index (χ1n) is 8.74. The van der Waals surface area contributed by atoms with E-state index in [0.29, 0.717) is 17.9 Å². The smallest absolute Gasteiger partial charge is 0.408 e. The predicted molar refractivity (Wildman–Crippen MR) is 93.5 cm³/mol. The van der Waals surface area contributed by atoms with Gasteiger partial charge in [0.25, 0.3) is 11.8 Å². The van der Waals surface area contributed by atoms with Gasteiger partial charge < -0.3 is 14.9 Å². The van der Waals surface area contributed by atoms with E-state index in [9.17, 15) is 19.2 Å². The molecule has 1 aliphatic carbocycles. The Labute approximate surface area is 156 Å². The average Bonchev–Trinajstić information content (AvgIpc) is 3.38. The zero-order valence-corrected chi connectivity index (χ0v) is 15.7. The lowest BCUT2D eigenvalue weighted by molar-refractivity contribution is -0.177. The van der Waals surface area contributed by atoms with Crippen LogP contribution in [0.5, 0.6) is 0 Å².